The maximum Gasteiger partial charge on any atom is 0.325 e. The van der Waals surface area contributed by atoms with Crippen molar-refractivity contribution in [2.75, 3.05) is 11.1 Å². The molecule has 2 saturated heterocycles. The molecule has 0 aliphatic carbocycles. The molecule has 2 aliphatic heterocycles. The van der Waals surface area contributed by atoms with Gasteiger partial charge in [0.2, 0.25) is 11.8 Å². The third-order valence-electron chi connectivity index (χ3n) is 3.94. The second-order valence-electron chi connectivity index (χ2n) is 5.55. The van der Waals surface area contributed by atoms with Gasteiger partial charge in [-0.05, 0) is 13.3 Å². The van der Waals surface area contributed by atoms with Crippen LogP contribution in [0.15, 0.2) is 12.3 Å². The Kier molecular flexibility index (Phi) is 3.59. The molecule has 0 radical (unpaired) electrons. The van der Waals surface area contributed by atoms with Crippen LogP contribution in [0.3, 0.4) is 0 Å². The Hall–Kier alpha value is -2.03. The number of amides is 2. The average molecular weight is 324 g/mol. The van der Waals surface area contributed by atoms with Crippen molar-refractivity contribution in [3.63, 3.8) is 0 Å². The number of aromatic nitrogens is 2. The number of hydrogen-bond acceptors (Lipinski definition) is 5. The van der Waals surface area contributed by atoms with Crippen molar-refractivity contribution in [2.45, 2.75) is 37.2 Å². The fourth-order valence-electron chi connectivity index (χ4n) is 2.88. The summed E-state index contributed by atoms with van der Waals surface area (Å²) in [4.78, 5) is 36.4. The number of thioether (sulfide) groups is 1. The minimum atomic E-state index is -1.01. The number of fused-ring (bicyclic) bond motifs is 1. The van der Waals surface area contributed by atoms with Crippen LogP contribution < -0.4 is 5.32 Å². The van der Waals surface area contributed by atoms with Crippen LogP contribution in [0, 0.1) is 0 Å². The highest BCUT2D eigenvalue weighted by molar-refractivity contribution is 8.01. The molecule has 3 heterocycles. The predicted molar refractivity (Wildman–Crippen MR) is 79.2 cm³/mol. The molecule has 22 heavy (non-hydrogen) atoms. The number of aliphatic carboxylic acids is 1. The van der Waals surface area contributed by atoms with Crippen molar-refractivity contribution in [1.29, 1.82) is 0 Å². The Balaban J connectivity index is 1.68. The van der Waals surface area contributed by atoms with Crippen molar-refractivity contribution in [2.24, 2.45) is 0 Å². The van der Waals surface area contributed by atoms with Crippen molar-refractivity contribution >= 4 is 35.4 Å². The second kappa shape index (κ2) is 5.31. The molecule has 2 amide bonds. The van der Waals surface area contributed by atoms with E-state index in [-0.39, 0.29) is 29.0 Å². The summed E-state index contributed by atoms with van der Waals surface area (Å²) in [6.07, 6.45) is 2.71. The van der Waals surface area contributed by atoms with Crippen LogP contribution in [0.1, 0.15) is 19.8 Å². The summed E-state index contributed by atoms with van der Waals surface area (Å²) in [6.45, 7) is 1.72. The summed E-state index contributed by atoms with van der Waals surface area (Å²) in [5.74, 6) is -0.441. The van der Waals surface area contributed by atoms with E-state index in [9.17, 15) is 14.4 Å². The summed E-state index contributed by atoms with van der Waals surface area (Å²) >= 11 is 1.62. The number of rotatable bonds is 4. The van der Waals surface area contributed by atoms with Crippen LogP contribution in [-0.4, -0.2) is 54.2 Å². The van der Waals surface area contributed by atoms with Gasteiger partial charge in [0.1, 0.15) is 12.6 Å². The van der Waals surface area contributed by atoms with E-state index in [4.69, 9.17) is 5.11 Å². The van der Waals surface area contributed by atoms with E-state index in [0.717, 1.165) is 6.42 Å². The van der Waals surface area contributed by atoms with Gasteiger partial charge in [-0.1, -0.05) is 0 Å². The number of carboxylic acid groups (broad SMARTS) is 1. The number of carbonyl (C=O) groups excluding carboxylic acids is 2. The van der Waals surface area contributed by atoms with Crippen LogP contribution in [-0.2, 0) is 20.9 Å². The van der Waals surface area contributed by atoms with Gasteiger partial charge in [-0.3, -0.25) is 19.1 Å². The molecule has 2 atom stereocenters. The van der Waals surface area contributed by atoms with Gasteiger partial charge in [0, 0.05) is 24.4 Å². The Morgan fingerprint density at radius 3 is 3.09 bits per heavy atom. The van der Waals surface area contributed by atoms with Crippen molar-refractivity contribution in [3.05, 3.63) is 12.3 Å². The molecule has 1 aromatic rings. The third-order valence-corrected chi connectivity index (χ3v) is 5.44. The molecule has 3 rings (SSSR count). The molecule has 9 heteroatoms. The number of anilines is 1. The normalized spacial score (nSPS) is 27.0. The van der Waals surface area contributed by atoms with E-state index in [1.165, 1.54) is 16.9 Å². The van der Waals surface area contributed by atoms with Gasteiger partial charge in [-0.25, -0.2) is 0 Å². The number of nitrogens with zero attached hydrogens (tertiary/aromatic N) is 3. The molecule has 118 valence electrons. The molecule has 2 N–H and O–H groups in total. The minimum absolute atomic E-state index is 0.00376. The van der Waals surface area contributed by atoms with Crippen LogP contribution in [0.4, 0.5) is 5.82 Å². The largest absolute Gasteiger partial charge is 0.480 e. The number of hydrogen-bond donors (Lipinski definition) is 2. The highest BCUT2D eigenvalue weighted by atomic mass is 32.2. The Bertz CT molecular complexity index is 646. The van der Waals surface area contributed by atoms with E-state index in [1.54, 1.807) is 16.7 Å². The van der Waals surface area contributed by atoms with E-state index in [1.807, 2.05) is 6.92 Å². The van der Waals surface area contributed by atoms with Crippen LogP contribution in [0.25, 0.3) is 0 Å². The molecule has 0 unspecified atom stereocenters. The minimum Gasteiger partial charge on any atom is -0.480 e. The van der Waals surface area contributed by atoms with E-state index >= 15 is 0 Å². The summed E-state index contributed by atoms with van der Waals surface area (Å²) in [5, 5.41) is 15.3. The lowest BCUT2D eigenvalue weighted by Gasteiger charge is -2.29. The van der Waals surface area contributed by atoms with Crippen LogP contribution >= 0.6 is 11.8 Å². The first-order valence-corrected chi connectivity index (χ1v) is 7.90. The summed E-state index contributed by atoms with van der Waals surface area (Å²) in [7, 11) is 0. The van der Waals surface area contributed by atoms with Gasteiger partial charge in [0.15, 0.2) is 5.82 Å². The van der Waals surface area contributed by atoms with Crippen molar-refractivity contribution in [3.8, 4) is 0 Å². The summed E-state index contributed by atoms with van der Waals surface area (Å²) in [5.41, 5.74) is 0. The third kappa shape index (κ3) is 2.56. The van der Waals surface area contributed by atoms with Gasteiger partial charge in [0.25, 0.3) is 0 Å². The monoisotopic (exact) mass is 324 g/mol. The fraction of sp³-hybridized carbons (Fsp3) is 0.538. The first kappa shape index (κ1) is 14.9. The zero-order valence-electron chi connectivity index (χ0n) is 12.0. The Morgan fingerprint density at radius 1 is 1.59 bits per heavy atom. The number of carboxylic acids is 1. The van der Waals surface area contributed by atoms with E-state index in [2.05, 4.69) is 10.4 Å². The molecule has 0 aromatic carbocycles. The lowest BCUT2D eigenvalue weighted by Crippen LogP contribution is -2.48. The highest BCUT2D eigenvalue weighted by Gasteiger charge is 2.52. The number of nitrogens with one attached hydrogen (secondary N) is 1. The molecule has 0 spiro atoms. The van der Waals surface area contributed by atoms with Crippen LogP contribution in [0.2, 0.25) is 0 Å². The quantitative estimate of drug-likeness (QED) is 0.828. The molecule has 1 aromatic heterocycles. The van der Waals surface area contributed by atoms with Gasteiger partial charge in [-0.2, -0.15) is 5.10 Å². The summed E-state index contributed by atoms with van der Waals surface area (Å²) < 4.78 is 1.23. The summed E-state index contributed by atoms with van der Waals surface area (Å²) in [6, 6.07) is 1.03. The standard InChI is InChI=1S/C13H16N4O4S/c1-13-4-2-10(18)17(13)8(7-22-13)12(21)14-9-3-5-16(15-9)6-11(19)20/h3,5,8H,2,4,6-7H2,1H3,(H,19,20)(H,14,15,21)/t8-,13-/m0/s1. The number of carbonyl (C=O) groups is 3. The van der Waals surface area contributed by atoms with Crippen LogP contribution in [0.5, 0.6) is 0 Å². The van der Waals surface area contributed by atoms with E-state index in [0.29, 0.717) is 12.2 Å². The lowest BCUT2D eigenvalue weighted by molar-refractivity contribution is -0.138. The van der Waals surface area contributed by atoms with E-state index < -0.39 is 12.0 Å². The zero-order valence-corrected chi connectivity index (χ0v) is 12.8. The molecular formula is C13H16N4O4S. The predicted octanol–water partition coefficient (Wildman–Crippen LogP) is 0.360. The smallest absolute Gasteiger partial charge is 0.325 e. The average Bonchev–Trinajstić information content (AvgIpc) is 3.07. The zero-order chi connectivity index (χ0) is 15.9. The van der Waals surface area contributed by atoms with Gasteiger partial charge >= 0.3 is 5.97 Å². The molecule has 2 aliphatic rings. The maximum absolute atomic E-state index is 12.4. The molecule has 8 nitrogen and oxygen atoms in total. The first-order valence-electron chi connectivity index (χ1n) is 6.91. The SMILES string of the molecule is C[C@]12CCC(=O)N1[C@H](C(=O)Nc1ccn(CC(=O)O)n1)CS2. The molecule has 0 bridgehead atoms. The Labute approximate surface area is 130 Å². The highest BCUT2D eigenvalue weighted by Crippen LogP contribution is 2.47. The van der Waals surface area contributed by atoms with Gasteiger partial charge in [-0.15, -0.1) is 11.8 Å². The Morgan fingerprint density at radius 2 is 2.36 bits per heavy atom. The maximum atomic E-state index is 12.4. The topological polar surface area (TPSA) is 105 Å². The fourth-order valence-corrected chi connectivity index (χ4v) is 4.31. The van der Waals surface area contributed by atoms with Gasteiger partial charge < -0.3 is 15.3 Å². The molecule has 2 fully saturated rings. The first-order chi connectivity index (χ1) is 10.4. The van der Waals surface area contributed by atoms with Crippen molar-refractivity contribution < 1.29 is 19.5 Å². The van der Waals surface area contributed by atoms with Crippen molar-refractivity contribution in [1.82, 2.24) is 14.7 Å². The van der Waals surface area contributed by atoms with Gasteiger partial charge in [0.05, 0.1) is 4.87 Å². The molecule has 0 saturated carbocycles. The molecular weight excluding hydrogens is 308 g/mol. The second-order valence-corrected chi connectivity index (χ2v) is 7.05. The lowest BCUT2D eigenvalue weighted by atomic mass is 10.2.